The highest BCUT2D eigenvalue weighted by Crippen LogP contribution is 2.43. The lowest BCUT2D eigenvalue weighted by Gasteiger charge is -2.43. The van der Waals surface area contributed by atoms with Gasteiger partial charge in [-0.3, -0.25) is 9.59 Å². The van der Waals surface area contributed by atoms with Crippen LogP contribution < -0.4 is 14.5 Å². The molecular weight excluding hydrogens is 484 g/mol. The zero-order chi connectivity index (χ0) is 25.9. The van der Waals surface area contributed by atoms with E-state index in [9.17, 15) is 9.59 Å². The molecule has 0 aliphatic carbocycles. The van der Waals surface area contributed by atoms with Gasteiger partial charge in [0, 0.05) is 33.6 Å². The van der Waals surface area contributed by atoms with Gasteiger partial charge in [0.1, 0.15) is 5.75 Å². The highest BCUT2D eigenvalue weighted by molar-refractivity contribution is 6.30. The molecule has 0 radical (unpaired) electrons. The first-order valence-electron chi connectivity index (χ1n) is 12.2. The Labute approximate surface area is 221 Å². The molecular formula is C31H27ClN2O3. The molecule has 186 valence electrons. The molecule has 2 atom stereocenters. The van der Waals surface area contributed by atoms with E-state index in [1.807, 2.05) is 71.3 Å². The topological polar surface area (TPSA) is 49.9 Å². The summed E-state index contributed by atoms with van der Waals surface area (Å²) in [6.45, 7) is 2.03. The average Bonchev–Trinajstić information content (AvgIpc) is 2.94. The van der Waals surface area contributed by atoms with Crippen LogP contribution in [-0.2, 0) is 0 Å². The minimum atomic E-state index is -0.266. The third kappa shape index (κ3) is 4.83. The van der Waals surface area contributed by atoms with Crippen molar-refractivity contribution in [2.45, 2.75) is 25.4 Å². The molecule has 5 nitrogen and oxygen atoms in total. The highest BCUT2D eigenvalue weighted by atomic mass is 35.5. The lowest BCUT2D eigenvalue weighted by molar-refractivity contribution is 0.0965. The molecule has 1 heterocycles. The number of fused-ring (bicyclic) bond motifs is 1. The van der Waals surface area contributed by atoms with Gasteiger partial charge < -0.3 is 14.5 Å². The third-order valence-electron chi connectivity index (χ3n) is 6.77. The van der Waals surface area contributed by atoms with Crippen LogP contribution in [0.15, 0.2) is 103 Å². The fourth-order valence-corrected chi connectivity index (χ4v) is 5.09. The van der Waals surface area contributed by atoms with Gasteiger partial charge >= 0.3 is 0 Å². The van der Waals surface area contributed by atoms with Crippen molar-refractivity contribution in [3.8, 4) is 5.75 Å². The van der Waals surface area contributed by atoms with Crippen molar-refractivity contribution in [2.24, 2.45) is 0 Å². The van der Waals surface area contributed by atoms with Gasteiger partial charge in [0.25, 0.3) is 11.8 Å². The van der Waals surface area contributed by atoms with Crippen LogP contribution in [0.2, 0.25) is 5.02 Å². The van der Waals surface area contributed by atoms with Crippen LogP contribution >= 0.6 is 11.6 Å². The number of hydrogen-bond acceptors (Lipinski definition) is 3. The Kier molecular flexibility index (Phi) is 6.97. The molecule has 0 bridgehead atoms. The SMILES string of the molecule is COc1ccc(C(=O)N(c2ccccc2)[C@H]2C[C@@H](C)N(C(=O)c3ccc(Cl)cc3)c3ccccc32)cc1. The molecule has 0 fully saturated rings. The summed E-state index contributed by atoms with van der Waals surface area (Å²) in [4.78, 5) is 31.3. The Balaban J connectivity index is 1.58. The standard InChI is InChI=1S/C31H27ClN2O3/c1-21-20-29(27-10-6-7-11-28(27)33(21)30(35)22-12-16-24(32)17-13-22)34(25-8-4-3-5-9-25)31(36)23-14-18-26(37-2)19-15-23/h3-19,21,29H,20H2,1-2H3/t21-,29+/m1/s1. The molecule has 4 aromatic carbocycles. The quantitative estimate of drug-likeness (QED) is 0.286. The number of carbonyl (C=O) groups excluding carboxylic acids is 2. The lowest BCUT2D eigenvalue weighted by atomic mass is 9.89. The van der Waals surface area contributed by atoms with Crippen molar-refractivity contribution in [3.63, 3.8) is 0 Å². The van der Waals surface area contributed by atoms with Crippen LogP contribution in [0.1, 0.15) is 45.7 Å². The number of methoxy groups -OCH3 is 1. The molecule has 5 rings (SSSR count). The first-order valence-corrected chi connectivity index (χ1v) is 12.6. The molecule has 0 saturated carbocycles. The summed E-state index contributed by atoms with van der Waals surface area (Å²) >= 11 is 6.05. The van der Waals surface area contributed by atoms with E-state index in [1.165, 1.54) is 0 Å². The van der Waals surface area contributed by atoms with Gasteiger partial charge in [-0.05, 0) is 85.6 Å². The largest absolute Gasteiger partial charge is 0.497 e. The Hall–Kier alpha value is -4.09. The summed E-state index contributed by atoms with van der Waals surface area (Å²) in [5, 5.41) is 0.583. The van der Waals surface area contributed by atoms with Crippen molar-refractivity contribution in [1.29, 1.82) is 0 Å². The highest BCUT2D eigenvalue weighted by Gasteiger charge is 2.39. The number of para-hydroxylation sites is 2. The molecule has 0 saturated heterocycles. The molecule has 0 spiro atoms. The van der Waals surface area contributed by atoms with Crippen molar-refractivity contribution >= 4 is 34.8 Å². The number of rotatable bonds is 5. The minimum Gasteiger partial charge on any atom is -0.497 e. The summed E-state index contributed by atoms with van der Waals surface area (Å²) in [7, 11) is 1.60. The minimum absolute atomic E-state index is 0.0946. The van der Waals surface area contributed by atoms with Crippen LogP contribution in [0.4, 0.5) is 11.4 Å². The van der Waals surface area contributed by atoms with Crippen LogP contribution in [0.5, 0.6) is 5.75 Å². The smallest absolute Gasteiger partial charge is 0.258 e. The monoisotopic (exact) mass is 510 g/mol. The van der Waals surface area contributed by atoms with E-state index in [4.69, 9.17) is 16.3 Å². The second-order valence-corrected chi connectivity index (χ2v) is 9.52. The Morgan fingerprint density at radius 2 is 1.46 bits per heavy atom. The fraction of sp³-hybridized carbons (Fsp3) is 0.161. The number of anilines is 2. The van der Waals surface area contributed by atoms with Gasteiger partial charge in [-0.1, -0.05) is 48.0 Å². The fourth-order valence-electron chi connectivity index (χ4n) is 4.97. The first-order chi connectivity index (χ1) is 18.0. The van der Waals surface area contributed by atoms with Crippen LogP contribution in [0.3, 0.4) is 0 Å². The number of carbonyl (C=O) groups is 2. The van der Waals surface area contributed by atoms with E-state index in [-0.39, 0.29) is 23.9 Å². The van der Waals surface area contributed by atoms with Crippen molar-refractivity contribution < 1.29 is 14.3 Å². The Morgan fingerprint density at radius 1 is 0.838 bits per heavy atom. The normalized spacial score (nSPS) is 16.6. The Bertz CT molecular complexity index is 1400. The first kappa shape index (κ1) is 24.6. The second kappa shape index (κ2) is 10.5. The molecule has 6 heteroatoms. The molecule has 37 heavy (non-hydrogen) atoms. The number of ether oxygens (including phenoxy) is 1. The number of amides is 2. The van der Waals surface area contributed by atoms with Crippen molar-refractivity contribution in [3.05, 3.63) is 125 Å². The van der Waals surface area contributed by atoms with Crippen molar-refractivity contribution in [1.82, 2.24) is 0 Å². The van der Waals surface area contributed by atoms with Gasteiger partial charge in [-0.25, -0.2) is 0 Å². The van der Waals surface area contributed by atoms with Gasteiger partial charge in [0.05, 0.1) is 13.2 Å². The van der Waals surface area contributed by atoms with E-state index in [0.717, 1.165) is 16.9 Å². The predicted molar refractivity (Wildman–Crippen MR) is 148 cm³/mol. The van der Waals surface area contributed by atoms with E-state index in [1.54, 1.807) is 55.6 Å². The van der Waals surface area contributed by atoms with Gasteiger partial charge in [-0.2, -0.15) is 0 Å². The maximum absolute atomic E-state index is 14.0. The summed E-state index contributed by atoms with van der Waals surface area (Å²) in [6.07, 6.45) is 0.577. The zero-order valence-corrected chi connectivity index (χ0v) is 21.4. The van der Waals surface area contributed by atoms with Crippen molar-refractivity contribution in [2.75, 3.05) is 16.9 Å². The van der Waals surface area contributed by atoms with Gasteiger partial charge in [0.15, 0.2) is 0 Å². The summed E-state index contributed by atoms with van der Waals surface area (Å²) < 4.78 is 5.28. The Morgan fingerprint density at radius 3 is 2.14 bits per heavy atom. The van der Waals surface area contributed by atoms with Gasteiger partial charge in [0.2, 0.25) is 0 Å². The van der Waals surface area contributed by atoms with Crippen LogP contribution in [0, 0.1) is 0 Å². The molecule has 0 unspecified atom stereocenters. The number of hydrogen-bond donors (Lipinski definition) is 0. The van der Waals surface area contributed by atoms with E-state index in [2.05, 4.69) is 0 Å². The van der Waals surface area contributed by atoms with Crippen LogP contribution in [0.25, 0.3) is 0 Å². The number of benzene rings is 4. The molecule has 4 aromatic rings. The van der Waals surface area contributed by atoms with E-state index in [0.29, 0.717) is 28.3 Å². The number of halogens is 1. The molecule has 1 aliphatic rings. The molecule has 0 aromatic heterocycles. The second-order valence-electron chi connectivity index (χ2n) is 9.08. The lowest BCUT2D eigenvalue weighted by Crippen LogP contribution is -2.47. The third-order valence-corrected chi connectivity index (χ3v) is 7.02. The molecule has 2 amide bonds. The maximum atomic E-state index is 14.0. The van der Waals surface area contributed by atoms with Gasteiger partial charge in [-0.15, -0.1) is 0 Å². The average molecular weight is 511 g/mol. The molecule has 1 aliphatic heterocycles. The van der Waals surface area contributed by atoms with E-state index < -0.39 is 0 Å². The molecule has 0 N–H and O–H groups in total. The number of nitrogens with zero attached hydrogens (tertiary/aromatic N) is 2. The predicted octanol–water partition coefficient (Wildman–Crippen LogP) is 7.18. The van der Waals surface area contributed by atoms with E-state index >= 15 is 0 Å². The summed E-state index contributed by atoms with van der Waals surface area (Å²) in [5.74, 6) is 0.483. The summed E-state index contributed by atoms with van der Waals surface area (Å²) in [6, 6.07) is 31.2. The maximum Gasteiger partial charge on any atom is 0.258 e. The zero-order valence-electron chi connectivity index (χ0n) is 20.7. The summed E-state index contributed by atoms with van der Waals surface area (Å²) in [5.41, 5.74) is 3.66. The van der Waals surface area contributed by atoms with Crippen LogP contribution in [-0.4, -0.2) is 25.0 Å².